The highest BCUT2D eigenvalue weighted by atomic mass is 35.5. The maximum absolute atomic E-state index is 15.1. The Balaban J connectivity index is 1.52. The largest absolute Gasteiger partial charge is 0.284 e. The third kappa shape index (κ3) is 5.25. The lowest BCUT2D eigenvalue weighted by atomic mass is 9.98. The minimum Gasteiger partial charge on any atom is -0.284 e. The molecule has 0 fully saturated rings. The van der Waals surface area contributed by atoms with Gasteiger partial charge < -0.3 is 0 Å². The minimum atomic E-state index is -3.46. The Morgan fingerprint density at radius 3 is 2.42 bits per heavy atom. The standard InChI is InChI=1S/C30H23ClFN5O2S/c1-40(38,39)36-22-11-7-10-20(16-22)27-18-28(23-12-5-6-13-25(23)32)37(35-27)30-33-26-15-14-21(31)17-24(26)29(34-30)19-8-3-2-4-9-19/h2-17,28,36H,18H2,1H3. The van der Waals surface area contributed by atoms with Crippen molar-refractivity contribution in [2.75, 3.05) is 16.0 Å². The molecule has 1 aliphatic heterocycles. The number of hydrazone groups is 1. The average Bonchev–Trinajstić information content (AvgIpc) is 3.38. The number of aromatic nitrogens is 2. The van der Waals surface area contributed by atoms with E-state index in [1.165, 1.54) is 6.07 Å². The molecular weight excluding hydrogens is 549 g/mol. The first kappa shape index (κ1) is 25.9. The molecule has 6 rings (SSSR count). The van der Waals surface area contributed by atoms with Crippen molar-refractivity contribution in [1.82, 2.24) is 9.97 Å². The average molecular weight is 572 g/mol. The topological polar surface area (TPSA) is 87.5 Å². The van der Waals surface area contributed by atoms with E-state index >= 15 is 4.39 Å². The van der Waals surface area contributed by atoms with Crippen LogP contribution in [0.15, 0.2) is 102 Å². The SMILES string of the molecule is CS(=O)(=O)Nc1cccc(C2=NN(c3nc(-c4ccccc4)c4cc(Cl)ccc4n3)C(c3ccccc3F)C2)c1. The zero-order valence-electron chi connectivity index (χ0n) is 21.3. The molecule has 1 unspecified atom stereocenters. The highest BCUT2D eigenvalue weighted by Crippen LogP contribution is 2.39. The van der Waals surface area contributed by atoms with Crippen LogP contribution in [-0.2, 0) is 10.0 Å². The van der Waals surface area contributed by atoms with Gasteiger partial charge in [0.25, 0.3) is 0 Å². The Morgan fingerprint density at radius 2 is 1.65 bits per heavy atom. The fourth-order valence-electron chi connectivity index (χ4n) is 4.84. The van der Waals surface area contributed by atoms with E-state index < -0.39 is 16.1 Å². The van der Waals surface area contributed by atoms with Gasteiger partial charge in [-0.1, -0.05) is 72.3 Å². The lowest BCUT2D eigenvalue weighted by Gasteiger charge is -2.23. The number of rotatable bonds is 6. The van der Waals surface area contributed by atoms with E-state index in [4.69, 9.17) is 26.7 Å². The molecule has 1 atom stereocenters. The number of halogens is 2. The molecule has 4 aromatic carbocycles. The number of nitrogens with one attached hydrogen (secondary N) is 1. The van der Waals surface area contributed by atoms with Gasteiger partial charge in [-0.05, 0) is 42.0 Å². The molecular formula is C30H23ClFN5O2S. The molecule has 200 valence electrons. The summed E-state index contributed by atoms with van der Waals surface area (Å²) in [6, 6.07) is 28.1. The molecule has 0 saturated heterocycles. The van der Waals surface area contributed by atoms with Crippen molar-refractivity contribution in [2.45, 2.75) is 12.5 Å². The van der Waals surface area contributed by atoms with E-state index in [1.807, 2.05) is 48.5 Å². The zero-order chi connectivity index (χ0) is 27.9. The van der Waals surface area contributed by atoms with Crippen LogP contribution in [0.3, 0.4) is 0 Å². The summed E-state index contributed by atoms with van der Waals surface area (Å²) in [5, 5.41) is 7.87. The van der Waals surface area contributed by atoms with Gasteiger partial charge >= 0.3 is 0 Å². The van der Waals surface area contributed by atoms with E-state index in [1.54, 1.807) is 47.5 Å². The van der Waals surface area contributed by atoms with Gasteiger partial charge in [0.2, 0.25) is 16.0 Å². The molecule has 0 bridgehead atoms. The monoisotopic (exact) mass is 571 g/mol. The summed E-state index contributed by atoms with van der Waals surface area (Å²) in [7, 11) is -3.46. The smallest absolute Gasteiger partial charge is 0.247 e. The van der Waals surface area contributed by atoms with Crippen molar-refractivity contribution < 1.29 is 12.8 Å². The molecule has 1 aliphatic rings. The van der Waals surface area contributed by atoms with Crippen LogP contribution in [0, 0.1) is 5.82 Å². The van der Waals surface area contributed by atoms with E-state index in [-0.39, 0.29) is 5.82 Å². The third-order valence-corrected chi connectivity index (χ3v) is 7.41. The van der Waals surface area contributed by atoms with Crippen LogP contribution in [0.4, 0.5) is 16.0 Å². The number of hydrogen-bond donors (Lipinski definition) is 1. The van der Waals surface area contributed by atoms with E-state index in [9.17, 15) is 8.42 Å². The van der Waals surface area contributed by atoms with Gasteiger partial charge in [0, 0.05) is 33.6 Å². The van der Waals surface area contributed by atoms with Crippen LogP contribution in [0.1, 0.15) is 23.6 Å². The molecule has 2 heterocycles. The van der Waals surface area contributed by atoms with Crippen LogP contribution in [0.5, 0.6) is 0 Å². The van der Waals surface area contributed by atoms with Crippen molar-refractivity contribution in [2.24, 2.45) is 5.10 Å². The number of sulfonamides is 1. The summed E-state index contributed by atoms with van der Waals surface area (Å²) < 4.78 is 41.3. The van der Waals surface area contributed by atoms with Crippen LogP contribution in [-0.4, -0.2) is 30.4 Å². The second kappa shape index (κ2) is 10.3. The number of hydrogen-bond acceptors (Lipinski definition) is 6. The molecule has 1 N–H and O–H groups in total. The molecule has 10 heteroatoms. The Hall–Kier alpha value is -4.34. The van der Waals surface area contributed by atoms with Gasteiger partial charge in [-0.25, -0.2) is 27.8 Å². The molecule has 40 heavy (non-hydrogen) atoms. The number of benzene rings is 4. The Kier molecular flexibility index (Phi) is 6.69. The third-order valence-electron chi connectivity index (χ3n) is 6.57. The Labute approximate surface area is 236 Å². The van der Waals surface area contributed by atoms with E-state index in [0.717, 1.165) is 17.2 Å². The lowest BCUT2D eigenvalue weighted by Crippen LogP contribution is -2.22. The fraction of sp³-hybridized carbons (Fsp3) is 0.100. The van der Waals surface area contributed by atoms with Gasteiger partial charge in [0.1, 0.15) is 5.82 Å². The molecule has 1 aromatic heterocycles. The first-order valence-electron chi connectivity index (χ1n) is 12.5. The highest BCUT2D eigenvalue weighted by Gasteiger charge is 2.34. The normalized spacial score (nSPS) is 15.3. The fourth-order valence-corrected chi connectivity index (χ4v) is 5.57. The second-order valence-electron chi connectivity index (χ2n) is 9.49. The Bertz CT molecular complexity index is 1880. The molecule has 5 aromatic rings. The summed E-state index contributed by atoms with van der Waals surface area (Å²) in [6.07, 6.45) is 1.45. The predicted octanol–water partition coefficient (Wildman–Crippen LogP) is 6.82. The molecule has 0 saturated carbocycles. The second-order valence-corrected chi connectivity index (χ2v) is 11.7. The molecule has 0 amide bonds. The van der Waals surface area contributed by atoms with Crippen molar-refractivity contribution in [3.8, 4) is 11.3 Å². The number of nitrogens with zero attached hydrogens (tertiary/aromatic N) is 4. The lowest BCUT2D eigenvalue weighted by molar-refractivity contribution is 0.576. The van der Waals surface area contributed by atoms with Crippen LogP contribution < -0.4 is 9.73 Å². The summed E-state index contributed by atoms with van der Waals surface area (Å²) in [6.45, 7) is 0. The summed E-state index contributed by atoms with van der Waals surface area (Å²) in [4.78, 5) is 9.75. The molecule has 0 radical (unpaired) electrons. The van der Waals surface area contributed by atoms with Crippen LogP contribution in [0.2, 0.25) is 5.02 Å². The number of fused-ring (bicyclic) bond motifs is 1. The van der Waals surface area contributed by atoms with Gasteiger partial charge in [0.15, 0.2) is 0 Å². The van der Waals surface area contributed by atoms with Crippen molar-refractivity contribution >= 4 is 49.9 Å². The zero-order valence-corrected chi connectivity index (χ0v) is 22.9. The quantitative estimate of drug-likeness (QED) is 0.242. The van der Waals surface area contributed by atoms with E-state index in [2.05, 4.69) is 4.72 Å². The summed E-state index contributed by atoms with van der Waals surface area (Å²) >= 11 is 6.33. The van der Waals surface area contributed by atoms with Crippen molar-refractivity contribution in [3.63, 3.8) is 0 Å². The van der Waals surface area contributed by atoms with Crippen LogP contribution >= 0.6 is 11.6 Å². The van der Waals surface area contributed by atoms with Crippen LogP contribution in [0.25, 0.3) is 22.2 Å². The predicted molar refractivity (Wildman–Crippen MR) is 158 cm³/mol. The van der Waals surface area contributed by atoms with Gasteiger partial charge in [-0.2, -0.15) is 5.10 Å². The minimum absolute atomic E-state index is 0.308. The highest BCUT2D eigenvalue weighted by molar-refractivity contribution is 7.92. The maximum Gasteiger partial charge on any atom is 0.247 e. The first-order chi connectivity index (χ1) is 19.2. The van der Waals surface area contributed by atoms with Gasteiger partial charge in [-0.15, -0.1) is 0 Å². The number of anilines is 2. The van der Waals surface area contributed by atoms with Crippen molar-refractivity contribution in [3.05, 3.63) is 119 Å². The van der Waals surface area contributed by atoms with E-state index in [0.29, 0.717) is 51.1 Å². The summed E-state index contributed by atoms with van der Waals surface area (Å²) in [5.41, 5.74) is 4.44. The van der Waals surface area contributed by atoms with Gasteiger partial charge in [-0.3, -0.25) is 4.72 Å². The van der Waals surface area contributed by atoms with Crippen molar-refractivity contribution in [1.29, 1.82) is 0 Å². The first-order valence-corrected chi connectivity index (χ1v) is 14.7. The molecule has 7 nitrogen and oxygen atoms in total. The Morgan fingerprint density at radius 1 is 0.900 bits per heavy atom. The molecule has 0 spiro atoms. The maximum atomic E-state index is 15.1. The summed E-state index contributed by atoms with van der Waals surface area (Å²) in [5.74, 6) is -0.0559. The van der Waals surface area contributed by atoms with Gasteiger partial charge in [0.05, 0.1) is 29.2 Å². The molecule has 0 aliphatic carbocycles.